The molecule has 412 valence electrons. The Hall–Kier alpha value is -7.35. The van der Waals surface area contributed by atoms with Crippen molar-refractivity contribution in [1.82, 2.24) is 25.6 Å². The first-order valence-corrected chi connectivity index (χ1v) is 26.8. The average Bonchev–Trinajstić information content (AvgIpc) is 4.31. The van der Waals surface area contributed by atoms with E-state index in [0.717, 1.165) is 65.0 Å². The molecule has 3 heterocycles. The first-order chi connectivity index (χ1) is 37.8. The van der Waals surface area contributed by atoms with E-state index in [4.69, 9.17) is 20.7 Å². The number of aliphatic hydroxyl groups excluding tert-OH is 2. The number of hydrogen-bond donors (Lipinski definition) is 6. The molecular weight excluding hydrogens is 1000 g/mol. The predicted octanol–water partition coefficient (Wildman–Crippen LogP) is 6.13. The summed E-state index contributed by atoms with van der Waals surface area (Å²) in [6.45, 7) is 5.68. The number of carboxylic acid groups (broad SMARTS) is 1. The molecule has 4 aliphatic carbocycles. The van der Waals surface area contributed by atoms with Gasteiger partial charge >= 0.3 is 30.8 Å². The van der Waals surface area contributed by atoms with Crippen LogP contribution >= 0.6 is 0 Å². The Labute approximate surface area is 480 Å². The van der Waals surface area contributed by atoms with Crippen LogP contribution < -0.4 is 35.2 Å². The Morgan fingerprint density at radius 3 is 1.19 bits per heavy atom. The van der Waals surface area contributed by atoms with Crippen LogP contribution in [0.5, 0.6) is 0 Å². The topological polar surface area (TPSA) is 257 Å². The van der Waals surface area contributed by atoms with Gasteiger partial charge in [0.2, 0.25) is 11.8 Å². The van der Waals surface area contributed by atoms with Gasteiger partial charge in [-0.3, -0.25) is 34.1 Å². The van der Waals surface area contributed by atoms with Crippen LogP contribution in [0.4, 0.5) is 0 Å². The summed E-state index contributed by atoms with van der Waals surface area (Å²) in [4.78, 5) is 61.2. The van der Waals surface area contributed by atoms with Crippen molar-refractivity contribution in [2.45, 2.75) is 88.3 Å². The molecule has 11 rings (SSSR count). The van der Waals surface area contributed by atoms with Crippen LogP contribution in [0.1, 0.15) is 124 Å². The number of aliphatic carboxylic acids is 1. The summed E-state index contributed by atoms with van der Waals surface area (Å²) in [5.74, 6) is -0.0778. The molecule has 0 aliphatic heterocycles. The maximum Gasteiger partial charge on any atom is 1.00 e. The van der Waals surface area contributed by atoms with Crippen LogP contribution in [0.25, 0.3) is 0 Å². The second kappa shape index (κ2) is 29.7. The monoisotopic (exact) mass is 1070 g/mol. The van der Waals surface area contributed by atoms with Gasteiger partial charge in [0.25, 0.3) is 0 Å². The first kappa shape index (κ1) is 61.9. The van der Waals surface area contributed by atoms with Crippen molar-refractivity contribution < 1.29 is 63.6 Å². The molecule has 4 fully saturated rings. The van der Waals surface area contributed by atoms with Crippen molar-refractivity contribution in [2.24, 2.45) is 29.4 Å². The number of pyridine rings is 3. The van der Waals surface area contributed by atoms with Crippen LogP contribution in [0, 0.1) is 44.4 Å². The molecule has 4 aliphatic rings. The summed E-state index contributed by atoms with van der Waals surface area (Å²) >= 11 is 0. The molecule has 7 aromatic rings. The molecule has 8 N–H and O–H groups in total. The minimum Gasteiger partial charge on any atom is -0.870 e. The summed E-state index contributed by atoms with van der Waals surface area (Å²) < 4.78 is 5.70. The molecule has 80 heavy (non-hydrogen) atoms. The summed E-state index contributed by atoms with van der Waals surface area (Å²) in [6.07, 6.45) is 8.48. The van der Waals surface area contributed by atoms with Gasteiger partial charge in [-0.2, -0.15) is 0 Å². The molecule has 15 nitrogen and oxygen atoms in total. The van der Waals surface area contributed by atoms with Gasteiger partial charge in [0.15, 0.2) is 0 Å². The van der Waals surface area contributed by atoms with Crippen LogP contribution in [-0.4, -0.2) is 79.3 Å². The van der Waals surface area contributed by atoms with Crippen molar-refractivity contribution in [3.63, 3.8) is 0 Å². The van der Waals surface area contributed by atoms with E-state index in [1.165, 1.54) is 16.7 Å². The molecule has 11 atom stereocenters. The summed E-state index contributed by atoms with van der Waals surface area (Å²) in [7, 11) is 0. The maximum atomic E-state index is 13.0. The number of aromatic nitrogens is 3. The van der Waals surface area contributed by atoms with Crippen molar-refractivity contribution in [2.75, 3.05) is 19.8 Å². The Bertz CT molecular complexity index is 3040. The van der Waals surface area contributed by atoms with Gasteiger partial charge in [-0.1, -0.05) is 140 Å². The Morgan fingerprint density at radius 2 is 0.838 bits per heavy atom. The zero-order valence-electron chi connectivity index (χ0n) is 45.8. The van der Waals surface area contributed by atoms with Gasteiger partial charge in [0.1, 0.15) is 6.61 Å². The minimum absolute atomic E-state index is 0. The number of nitrogens with one attached hydrogen (secondary N) is 2. The van der Waals surface area contributed by atoms with Crippen LogP contribution in [0.2, 0.25) is 0 Å². The number of rotatable bonds is 17. The first-order valence-electron chi connectivity index (χ1n) is 26.8. The van der Waals surface area contributed by atoms with Gasteiger partial charge in [0.05, 0.1) is 43.2 Å². The normalized spacial score (nSPS) is 21.5. The number of nitrogens with two attached hydrogens (primary N) is 1. The predicted molar refractivity (Wildman–Crippen MR) is 299 cm³/mol. The van der Waals surface area contributed by atoms with Gasteiger partial charge in [0, 0.05) is 47.5 Å². The number of carbonyl (C=O) groups is 4. The van der Waals surface area contributed by atoms with Crippen molar-refractivity contribution in [3.05, 3.63) is 232 Å². The van der Waals surface area contributed by atoms with E-state index >= 15 is 0 Å². The van der Waals surface area contributed by atoms with Crippen molar-refractivity contribution >= 4 is 23.8 Å². The molecule has 4 saturated carbocycles. The van der Waals surface area contributed by atoms with E-state index in [1.54, 1.807) is 18.6 Å². The number of carbonyl (C=O) groups excluding carboxylic acids is 3. The molecule has 0 spiro atoms. The molecule has 3 aromatic heterocycles. The molecule has 0 bridgehead atoms. The average molecular weight is 1080 g/mol. The second-order valence-corrected chi connectivity index (χ2v) is 20.7. The number of carboxylic acids is 1. The number of ether oxygens (including phenoxy) is 1. The summed E-state index contributed by atoms with van der Waals surface area (Å²) in [5.41, 5.74) is 15.6. The number of amides is 2. The van der Waals surface area contributed by atoms with Crippen LogP contribution in [0.15, 0.2) is 176 Å². The Balaban J connectivity index is 0.000000188. The van der Waals surface area contributed by atoms with Gasteiger partial charge in [-0.25, -0.2) is 0 Å². The molecular formula is C64H71LiN6O9. The second-order valence-electron chi connectivity index (χ2n) is 20.7. The van der Waals surface area contributed by atoms with E-state index in [2.05, 4.69) is 62.0 Å². The molecule has 16 heteroatoms. The molecule has 4 aromatic carbocycles. The fourth-order valence-corrected chi connectivity index (χ4v) is 9.63. The summed E-state index contributed by atoms with van der Waals surface area (Å²) in [5, 5.41) is 33.0. The number of nitrogens with zero attached hydrogens (tertiary/aromatic N) is 3. The van der Waals surface area contributed by atoms with E-state index in [-0.39, 0.29) is 109 Å². The third-order valence-electron chi connectivity index (χ3n) is 14.8. The number of esters is 1. The van der Waals surface area contributed by atoms with E-state index in [9.17, 15) is 24.3 Å². The molecule has 0 unspecified atom stereocenters. The largest absolute Gasteiger partial charge is 1.00 e. The standard InChI is InChI=1S/C28H28N2O3.C18H20N2O2.C10H10O2.C8H12N2O.Li.H2O/c1-18-12-13-21(16-29-18)26(30-27(31)24-14-22(24)19-8-4-2-5-9-19)17-33-28(32)25-15-23(25)20-10-6-3-7-11-20;1-12-7-8-14(10-19-12)17(11-21)20-18(22)16-9-15(16)13-5-3-2-4-6-13;11-10(12)9-6-8(9)7-4-2-1-3-5-7;1-6-2-3-7(4-10-6)8(9)5-11;;/h2-13,16,22-26H,14-15,17H2,1H3,(H,30,31);2-8,10,15-17,21H,9,11H2,1H3,(H,20,22);1-5,8-9H,6H2,(H,11,12);2-4,8,11H,5,9H2,1H3;;1H2/q;;;;+1;/p-1/t22-,23-,24+,25+,26+;15-,16+,17+;8-,9+;8-;;/m1110../s1. The Kier molecular flexibility index (Phi) is 23.0. The van der Waals surface area contributed by atoms with Crippen LogP contribution in [0.3, 0.4) is 0 Å². The zero-order chi connectivity index (χ0) is 55.1. The maximum absolute atomic E-state index is 13.0. The SMILES string of the molecule is Cc1ccc([C@@H](N)CO)cn1.Cc1ccc([C@H](CO)NC(=O)[C@H]2C[C@@H]2c2ccccc2)cn1.Cc1ccc([C@H](COC(=O)[C@H]2C[C@@H]2c2ccccc2)NC(=O)[C@H]2C[C@@H]2c2ccccc2)cn1.O=C(O)[C@H]1C[C@@H]1c1ccccc1.[Li+].[OH-]. The fraction of sp³-hybridized carbons (Fsp3) is 0.328. The number of aryl methyl sites for hydroxylation is 3. The molecule has 0 saturated heterocycles. The molecule has 0 radical (unpaired) electrons. The third kappa shape index (κ3) is 17.6. The third-order valence-corrected chi connectivity index (χ3v) is 14.8. The Morgan fingerprint density at radius 1 is 0.500 bits per heavy atom. The van der Waals surface area contributed by atoms with Gasteiger partial charge < -0.3 is 41.9 Å². The number of hydrogen-bond acceptors (Lipinski definition) is 12. The number of benzene rings is 4. The van der Waals surface area contributed by atoms with Gasteiger partial charge in [-0.15, -0.1) is 0 Å². The van der Waals surface area contributed by atoms with Gasteiger partial charge in [-0.05, 0) is 127 Å². The van der Waals surface area contributed by atoms with Crippen molar-refractivity contribution in [3.8, 4) is 0 Å². The van der Waals surface area contributed by atoms with E-state index in [0.29, 0.717) is 5.92 Å². The van der Waals surface area contributed by atoms with E-state index in [1.807, 2.05) is 142 Å². The summed E-state index contributed by atoms with van der Waals surface area (Å²) in [6, 6.07) is 50.4. The van der Waals surface area contributed by atoms with E-state index < -0.39 is 18.1 Å². The quantitative estimate of drug-likeness (QED) is 0.0444. The van der Waals surface area contributed by atoms with Crippen molar-refractivity contribution in [1.29, 1.82) is 0 Å². The smallest absolute Gasteiger partial charge is 0.870 e. The number of aliphatic hydroxyl groups is 2. The zero-order valence-corrected chi connectivity index (χ0v) is 45.8. The molecule has 2 amide bonds. The minimum atomic E-state index is -0.663. The van der Waals surface area contributed by atoms with Crippen LogP contribution in [-0.2, 0) is 23.9 Å². The fourth-order valence-electron chi connectivity index (χ4n) is 9.63.